The summed E-state index contributed by atoms with van der Waals surface area (Å²) >= 11 is 0. The molecule has 0 unspecified atom stereocenters. The highest BCUT2D eigenvalue weighted by atomic mass is 32.2. The number of aliphatic hydroxyl groups excluding tert-OH is 2. The Kier molecular flexibility index (Phi) is 9.95. The summed E-state index contributed by atoms with van der Waals surface area (Å²) in [6.45, 7) is 7.91. The van der Waals surface area contributed by atoms with Crippen molar-refractivity contribution in [3.05, 3.63) is 107 Å². The molecule has 8 heteroatoms. The quantitative estimate of drug-likeness (QED) is 0.218. The lowest BCUT2D eigenvalue weighted by Crippen LogP contribution is -2.66. The van der Waals surface area contributed by atoms with Crippen molar-refractivity contribution >= 4 is 34.6 Å². The van der Waals surface area contributed by atoms with Gasteiger partial charge in [-0.05, 0) is 64.0 Å². The fourth-order valence-electron chi connectivity index (χ4n) is 6.04. The van der Waals surface area contributed by atoms with Crippen molar-refractivity contribution in [3.63, 3.8) is 0 Å². The third-order valence-corrected chi connectivity index (χ3v) is 15.1. The second-order valence-corrected chi connectivity index (χ2v) is 18.6. The van der Waals surface area contributed by atoms with Gasteiger partial charge in [0.1, 0.15) is 11.0 Å². The molecule has 0 spiro atoms. The van der Waals surface area contributed by atoms with Crippen LogP contribution in [0.2, 0.25) is 5.04 Å². The maximum atomic E-state index is 13.2. The zero-order valence-corrected chi connectivity index (χ0v) is 26.6. The smallest absolute Gasteiger partial charge is 0.261 e. The van der Waals surface area contributed by atoms with Gasteiger partial charge in [-0.1, -0.05) is 105 Å². The Hall–Kier alpha value is -3.01. The van der Waals surface area contributed by atoms with E-state index < -0.39 is 36.1 Å². The summed E-state index contributed by atoms with van der Waals surface area (Å²) in [5, 5.41) is 31.8. The number of rotatable bonds is 11. The van der Waals surface area contributed by atoms with Crippen LogP contribution in [0.4, 0.5) is 0 Å². The molecule has 0 fully saturated rings. The number of aromatic hydroxyl groups is 1. The summed E-state index contributed by atoms with van der Waals surface area (Å²) in [6.07, 6.45) is 1.78. The van der Waals surface area contributed by atoms with Gasteiger partial charge in [0.15, 0.2) is 9.84 Å². The Balaban J connectivity index is 1.68. The molecule has 42 heavy (non-hydrogen) atoms. The van der Waals surface area contributed by atoms with Crippen LogP contribution in [-0.2, 0) is 14.3 Å². The number of aliphatic hydroxyl groups is 2. The molecule has 6 nitrogen and oxygen atoms in total. The van der Waals surface area contributed by atoms with Crippen LogP contribution >= 0.6 is 0 Å². The van der Waals surface area contributed by atoms with Crippen molar-refractivity contribution in [1.29, 1.82) is 0 Å². The summed E-state index contributed by atoms with van der Waals surface area (Å²) in [4.78, 5) is 0. The minimum atomic E-state index is -3.69. The lowest BCUT2D eigenvalue weighted by Gasteiger charge is -2.43. The molecule has 0 saturated heterocycles. The average molecular weight is 607 g/mol. The van der Waals surface area contributed by atoms with E-state index in [1.165, 1.54) is 0 Å². The molecule has 0 bridgehead atoms. The highest BCUT2D eigenvalue weighted by Gasteiger charge is 2.51. The Morgan fingerprint density at radius 2 is 1.52 bits per heavy atom. The second-order valence-electron chi connectivity index (χ2n) is 12.1. The molecule has 0 amide bonds. The van der Waals surface area contributed by atoms with Gasteiger partial charge >= 0.3 is 0 Å². The van der Waals surface area contributed by atoms with E-state index in [4.69, 9.17) is 4.43 Å². The van der Waals surface area contributed by atoms with E-state index in [1.807, 2.05) is 61.5 Å². The zero-order chi connectivity index (χ0) is 30.5. The number of hydrogen-bond donors (Lipinski definition) is 3. The van der Waals surface area contributed by atoms with Crippen LogP contribution in [0.1, 0.15) is 46.1 Å². The molecule has 0 radical (unpaired) electrons. The molecule has 3 aromatic rings. The molecular weight excluding hydrogens is 565 g/mol. The highest BCUT2D eigenvalue weighted by molar-refractivity contribution is 7.92. The third-order valence-electron chi connectivity index (χ3n) is 8.09. The number of phenols is 1. The standard InChI is InChI=1S/C34H42O6SSi/c1-25(21-26-16-18-28(36)19-17-26)15-20-31(37)33-27(24-41(38,39)32(33)22-35)23-40-42(34(2,3)4,29-11-7-5-8-12-29)30-13-9-6-10-14-30/h5-14,16-19,21,31-32,35-37H,15,20,22-24H2,1-4H3/b25-21+/t31-,32+/m1/s1. The SMILES string of the molecule is C/C(=C\c1ccc(O)cc1)CC[C@@H](O)C1=C(CO[Si](c2ccccc2)(c2ccccc2)C(C)(C)C)CS(=O)(=O)[C@H]1CO. The van der Waals surface area contributed by atoms with Crippen molar-refractivity contribution in [1.82, 2.24) is 0 Å². The van der Waals surface area contributed by atoms with E-state index in [2.05, 4.69) is 45.0 Å². The van der Waals surface area contributed by atoms with E-state index in [-0.39, 0.29) is 23.1 Å². The summed E-state index contributed by atoms with van der Waals surface area (Å²) in [5.74, 6) is -0.0528. The molecule has 0 aliphatic carbocycles. The van der Waals surface area contributed by atoms with Gasteiger partial charge in [0.25, 0.3) is 8.32 Å². The van der Waals surface area contributed by atoms with Gasteiger partial charge in [0, 0.05) is 0 Å². The van der Waals surface area contributed by atoms with E-state index in [1.54, 1.807) is 12.1 Å². The topological polar surface area (TPSA) is 104 Å². The van der Waals surface area contributed by atoms with Crippen LogP contribution in [-0.4, -0.2) is 62.4 Å². The Morgan fingerprint density at radius 3 is 2.02 bits per heavy atom. The van der Waals surface area contributed by atoms with Crippen molar-refractivity contribution in [3.8, 4) is 5.75 Å². The molecule has 1 heterocycles. The monoisotopic (exact) mass is 606 g/mol. The summed E-state index contributed by atoms with van der Waals surface area (Å²) in [5.41, 5.74) is 2.84. The Labute approximate surface area is 251 Å². The number of phenolic OH excluding ortho intramolecular Hbond substituents is 1. The van der Waals surface area contributed by atoms with Gasteiger partial charge < -0.3 is 19.7 Å². The van der Waals surface area contributed by atoms with Crippen molar-refractivity contribution < 1.29 is 28.2 Å². The normalized spacial score (nSPS) is 18.3. The first-order valence-electron chi connectivity index (χ1n) is 14.3. The van der Waals surface area contributed by atoms with E-state index >= 15 is 0 Å². The fraction of sp³-hybridized carbons (Fsp3) is 0.353. The van der Waals surface area contributed by atoms with E-state index in [9.17, 15) is 23.7 Å². The number of sulfone groups is 1. The first-order valence-corrected chi connectivity index (χ1v) is 17.9. The molecular formula is C34H42O6SSi. The van der Waals surface area contributed by atoms with E-state index in [0.717, 1.165) is 21.5 Å². The first-order chi connectivity index (χ1) is 19.9. The molecule has 0 aromatic heterocycles. The van der Waals surface area contributed by atoms with Gasteiger partial charge in [-0.25, -0.2) is 8.42 Å². The molecule has 2 atom stereocenters. The molecule has 224 valence electrons. The van der Waals surface area contributed by atoms with Crippen LogP contribution in [0.15, 0.2) is 102 Å². The molecule has 0 saturated carbocycles. The molecule has 1 aliphatic rings. The first kappa shape index (κ1) is 31.9. The van der Waals surface area contributed by atoms with Crippen molar-refractivity contribution in [2.45, 2.75) is 56.9 Å². The van der Waals surface area contributed by atoms with Crippen LogP contribution < -0.4 is 10.4 Å². The van der Waals surface area contributed by atoms with Gasteiger partial charge in [-0.3, -0.25) is 0 Å². The molecule has 3 aromatic carbocycles. The second kappa shape index (κ2) is 13.1. The maximum absolute atomic E-state index is 13.2. The van der Waals surface area contributed by atoms with Gasteiger partial charge in [-0.15, -0.1) is 0 Å². The zero-order valence-electron chi connectivity index (χ0n) is 24.8. The molecule has 4 rings (SSSR count). The Morgan fingerprint density at radius 1 is 0.976 bits per heavy atom. The van der Waals surface area contributed by atoms with Crippen molar-refractivity contribution in [2.75, 3.05) is 19.0 Å². The average Bonchev–Trinajstić information content (AvgIpc) is 3.23. The molecule has 1 aliphatic heterocycles. The summed E-state index contributed by atoms with van der Waals surface area (Å²) < 4.78 is 33.4. The number of benzene rings is 3. The van der Waals surface area contributed by atoms with Gasteiger partial charge in [0.05, 0.1) is 25.1 Å². The lowest BCUT2D eigenvalue weighted by molar-refractivity contribution is 0.187. The van der Waals surface area contributed by atoms with Gasteiger partial charge in [0.2, 0.25) is 0 Å². The fourth-order valence-corrected chi connectivity index (χ4v) is 12.5. The predicted molar refractivity (Wildman–Crippen MR) is 172 cm³/mol. The number of hydrogen-bond acceptors (Lipinski definition) is 6. The molecule has 3 N–H and O–H groups in total. The Bertz CT molecular complexity index is 1470. The van der Waals surface area contributed by atoms with Gasteiger partial charge in [-0.2, -0.15) is 0 Å². The summed E-state index contributed by atoms with van der Waals surface area (Å²) in [6, 6.07) is 27.1. The van der Waals surface area contributed by atoms with Crippen LogP contribution in [0.25, 0.3) is 6.08 Å². The van der Waals surface area contributed by atoms with Crippen LogP contribution in [0.3, 0.4) is 0 Å². The van der Waals surface area contributed by atoms with E-state index in [0.29, 0.717) is 24.0 Å². The number of allylic oxidation sites excluding steroid dienone is 1. The van der Waals surface area contributed by atoms with Crippen molar-refractivity contribution in [2.24, 2.45) is 0 Å². The van der Waals surface area contributed by atoms with Crippen LogP contribution in [0, 0.1) is 0 Å². The van der Waals surface area contributed by atoms with Crippen LogP contribution in [0.5, 0.6) is 5.75 Å². The minimum Gasteiger partial charge on any atom is -0.508 e. The highest BCUT2D eigenvalue weighted by Crippen LogP contribution is 2.39. The predicted octanol–water partition coefficient (Wildman–Crippen LogP) is 4.60. The minimum absolute atomic E-state index is 0.0533. The maximum Gasteiger partial charge on any atom is 0.261 e. The largest absolute Gasteiger partial charge is 0.508 e. The summed E-state index contributed by atoms with van der Waals surface area (Å²) in [7, 11) is -6.63. The lowest BCUT2D eigenvalue weighted by atomic mass is 9.95. The third kappa shape index (κ3) is 6.79.